The van der Waals surface area contributed by atoms with Crippen LogP contribution in [-0.4, -0.2) is 13.2 Å². The standard InChI is InChI=1S/C27H34ClNO2/c1-18(27-13-21-9-22(14-27)11-23(10-21)15-27)29-16-20-5-8-25(26(12-20)30-2)31-17-19-3-6-24(28)7-4-19/h3-8,12,18,21-23,29H,9-11,13-17H2,1-2H3/t18-,21?,22?,23?,27?/m1/s1. The second-order valence-electron chi connectivity index (χ2n) is 10.3. The molecule has 4 heteroatoms. The molecule has 4 saturated carbocycles. The van der Waals surface area contributed by atoms with Gasteiger partial charge in [-0.2, -0.15) is 0 Å². The highest BCUT2D eigenvalue weighted by atomic mass is 35.5. The maximum Gasteiger partial charge on any atom is 0.161 e. The van der Waals surface area contributed by atoms with E-state index in [-0.39, 0.29) is 0 Å². The Labute approximate surface area is 191 Å². The molecule has 166 valence electrons. The lowest BCUT2D eigenvalue weighted by atomic mass is 9.48. The van der Waals surface area contributed by atoms with Gasteiger partial charge in [0.15, 0.2) is 11.5 Å². The van der Waals surface area contributed by atoms with Gasteiger partial charge in [-0.3, -0.25) is 0 Å². The first-order valence-corrected chi connectivity index (χ1v) is 12.2. The Morgan fingerprint density at radius 3 is 2.16 bits per heavy atom. The minimum atomic E-state index is 0.494. The van der Waals surface area contributed by atoms with Crippen molar-refractivity contribution in [2.45, 2.75) is 64.6 Å². The average molecular weight is 440 g/mol. The number of halogens is 1. The molecule has 0 saturated heterocycles. The van der Waals surface area contributed by atoms with Crippen molar-refractivity contribution in [2.75, 3.05) is 7.11 Å². The molecule has 31 heavy (non-hydrogen) atoms. The fourth-order valence-corrected chi connectivity index (χ4v) is 7.00. The average Bonchev–Trinajstić information content (AvgIpc) is 2.76. The van der Waals surface area contributed by atoms with Gasteiger partial charge in [0.25, 0.3) is 0 Å². The molecule has 1 atom stereocenters. The summed E-state index contributed by atoms with van der Waals surface area (Å²) in [6.07, 6.45) is 8.82. The molecule has 0 unspecified atom stereocenters. The first-order valence-electron chi connectivity index (χ1n) is 11.8. The summed E-state index contributed by atoms with van der Waals surface area (Å²) in [6.45, 7) is 3.79. The SMILES string of the molecule is COc1cc(CN[C@H](C)C23CC4CC(CC(C4)C2)C3)ccc1OCc1ccc(Cl)cc1. The number of nitrogens with one attached hydrogen (secondary N) is 1. The number of hydrogen-bond donors (Lipinski definition) is 1. The molecule has 0 spiro atoms. The molecule has 4 fully saturated rings. The number of ether oxygens (including phenoxy) is 2. The molecule has 3 nitrogen and oxygen atoms in total. The van der Waals surface area contributed by atoms with Gasteiger partial charge in [-0.1, -0.05) is 29.8 Å². The maximum absolute atomic E-state index is 6.01. The van der Waals surface area contributed by atoms with Gasteiger partial charge in [0.05, 0.1) is 7.11 Å². The topological polar surface area (TPSA) is 30.5 Å². The van der Waals surface area contributed by atoms with Crippen LogP contribution in [0.25, 0.3) is 0 Å². The Hall–Kier alpha value is -1.71. The molecule has 4 bridgehead atoms. The van der Waals surface area contributed by atoms with Gasteiger partial charge in [-0.25, -0.2) is 0 Å². The lowest BCUT2D eigenvalue weighted by molar-refractivity contribution is -0.0706. The Balaban J connectivity index is 1.20. The van der Waals surface area contributed by atoms with Gasteiger partial charge in [0.1, 0.15) is 6.61 Å². The van der Waals surface area contributed by atoms with Gasteiger partial charge < -0.3 is 14.8 Å². The lowest BCUT2D eigenvalue weighted by Gasteiger charge is -2.59. The fraction of sp³-hybridized carbons (Fsp3) is 0.556. The molecule has 4 aliphatic rings. The molecule has 2 aromatic rings. The van der Waals surface area contributed by atoms with Crippen molar-refractivity contribution < 1.29 is 9.47 Å². The fourth-order valence-electron chi connectivity index (χ4n) is 6.88. The number of benzene rings is 2. The van der Waals surface area contributed by atoms with Crippen molar-refractivity contribution in [1.29, 1.82) is 0 Å². The summed E-state index contributed by atoms with van der Waals surface area (Å²) in [4.78, 5) is 0. The zero-order valence-electron chi connectivity index (χ0n) is 18.7. The summed E-state index contributed by atoms with van der Waals surface area (Å²) in [5.74, 6) is 4.54. The van der Waals surface area contributed by atoms with Crippen molar-refractivity contribution in [2.24, 2.45) is 23.2 Å². The van der Waals surface area contributed by atoms with Crippen LogP contribution in [0.15, 0.2) is 42.5 Å². The van der Waals surface area contributed by atoms with E-state index in [2.05, 4.69) is 24.4 Å². The predicted octanol–water partition coefficient (Wildman–Crippen LogP) is 6.62. The number of hydrogen-bond acceptors (Lipinski definition) is 3. The first-order chi connectivity index (χ1) is 15.0. The van der Waals surface area contributed by atoms with Crippen molar-refractivity contribution in [3.05, 3.63) is 58.6 Å². The molecule has 4 aliphatic carbocycles. The Morgan fingerprint density at radius 2 is 1.55 bits per heavy atom. The quantitative estimate of drug-likeness (QED) is 0.501. The molecule has 0 aromatic heterocycles. The normalized spacial score (nSPS) is 29.7. The van der Waals surface area contributed by atoms with E-state index in [9.17, 15) is 0 Å². The molecular weight excluding hydrogens is 406 g/mol. The van der Waals surface area contributed by atoms with Crippen LogP contribution >= 0.6 is 11.6 Å². The van der Waals surface area contributed by atoms with Crippen LogP contribution in [0.5, 0.6) is 11.5 Å². The molecule has 0 radical (unpaired) electrons. The Kier molecular flexibility index (Phi) is 5.92. The highest BCUT2D eigenvalue weighted by Crippen LogP contribution is 2.61. The molecule has 0 aliphatic heterocycles. The second-order valence-corrected chi connectivity index (χ2v) is 10.7. The van der Waals surface area contributed by atoms with Crippen molar-refractivity contribution >= 4 is 11.6 Å². The maximum atomic E-state index is 6.01. The second kappa shape index (κ2) is 8.67. The van der Waals surface area contributed by atoms with E-state index in [0.29, 0.717) is 18.1 Å². The van der Waals surface area contributed by atoms with Crippen LogP contribution in [0.2, 0.25) is 5.02 Å². The first kappa shape index (κ1) is 21.2. The predicted molar refractivity (Wildman–Crippen MR) is 126 cm³/mol. The van der Waals surface area contributed by atoms with Gasteiger partial charge in [-0.15, -0.1) is 0 Å². The summed E-state index contributed by atoms with van der Waals surface area (Å²) in [6, 6.07) is 14.6. The van der Waals surface area contributed by atoms with Gasteiger partial charge in [0.2, 0.25) is 0 Å². The van der Waals surface area contributed by atoms with E-state index in [0.717, 1.165) is 46.4 Å². The van der Waals surface area contributed by atoms with Crippen molar-refractivity contribution in [1.82, 2.24) is 5.32 Å². The molecule has 0 heterocycles. The van der Waals surface area contributed by atoms with E-state index in [1.54, 1.807) is 7.11 Å². The molecule has 0 amide bonds. The minimum absolute atomic E-state index is 0.494. The summed E-state index contributed by atoms with van der Waals surface area (Å²) in [5.41, 5.74) is 2.86. The highest BCUT2D eigenvalue weighted by molar-refractivity contribution is 6.30. The zero-order valence-corrected chi connectivity index (χ0v) is 19.5. The smallest absolute Gasteiger partial charge is 0.161 e. The largest absolute Gasteiger partial charge is 0.493 e. The minimum Gasteiger partial charge on any atom is -0.493 e. The van der Waals surface area contributed by atoms with E-state index in [1.807, 2.05) is 30.3 Å². The van der Waals surface area contributed by atoms with E-state index >= 15 is 0 Å². The van der Waals surface area contributed by atoms with E-state index < -0.39 is 0 Å². The van der Waals surface area contributed by atoms with E-state index in [4.69, 9.17) is 21.1 Å². The summed E-state index contributed by atoms with van der Waals surface area (Å²) in [7, 11) is 1.71. The third kappa shape index (κ3) is 4.45. The highest BCUT2D eigenvalue weighted by Gasteiger charge is 2.52. The summed E-state index contributed by atoms with van der Waals surface area (Å²) < 4.78 is 11.6. The molecule has 6 rings (SSSR count). The lowest BCUT2D eigenvalue weighted by Crippen LogP contribution is -2.54. The van der Waals surface area contributed by atoms with Crippen LogP contribution in [0.4, 0.5) is 0 Å². The molecule has 2 aromatic carbocycles. The van der Waals surface area contributed by atoms with Crippen LogP contribution in [-0.2, 0) is 13.2 Å². The third-order valence-corrected chi connectivity index (χ3v) is 8.40. The van der Waals surface area contributed by atoms with Crippen molar-refractivity contribution in [3.63, 3.8) is 0 Å². The third-order valence-electron chi connectivity index (χ3n) is 8.15. The Bertz CT molecular complexity index is 875. The van der Waals surface area contributed by atoms with Gasteiger partial charge >= 0.3 is 0 Å². The summed E-state index contributed by atoms with van der Waals surface area (Å²) >= 11 is 5.97. The number of rotatable bonds is 8. The van der Waals surface area contributed by atoms with Crippen molar-refractivity contribution in [3.8, 4) is 11.5 Å². The van der Waals surface area contributed by atoms with Gasteiger partial charge in [0, 0.05) is 17.6 Å². The molecular formula is C27H34ClNO2. The van der Waals surface area contributed by atoms with Gasteiger partial charge in [-0.05, 0) is 104 Å². The van der Waals surface area contributed by atoms with Crippen LogP contribution in [0.3, 0.4) is 0 Å². The summed E-state index contributed by atoms with van der Waals surface area (Å²) in [5, 5.41) is 4.62. The number of methoxy groups -OCH3 is 1. The molecule has 1 N–H and O–H groups in total. The monoisotopic (exact) mass is 439 g/mol. The van der Waals surface area contributed by atoms with Crippen LogP contribution in [0.1, 0.15) is 56.6 Å². The van der Waals surface area contributed by atoms with Crippen LogP contribution < -0.4 is 14.8 Å². The van der Waals surface area contributed by atoms with Crippen LogP contribution in [0, 0.1) is 23.2 Å². The van der Waals surface area contributed by atoms with E-state index in [1.165, 1.54) is 44.1 Å². The Morgan fingerprint density at radius 1 is 0.935 bits per heavy atom. The zero-order chi connectivity index (χ0) is 21.4.